The van der Waals surface area contributed by atoms with Crippen LogP contribution in [0.25, 0.3) is 0 Å². The summed E-state index contributed by atoms with van der Waals surface area (Å²) in [5.74, 6) is -3.55. The molecule has 0 bridgehead atoms. The Hall–Kier alpha value is -4.03. The maximum Gasteiger partial charge on any atom is 0.289 e. The Kier molecular flexibility index (Phi) is 11.2. The Morgan fingerprint density at radius 2 is 1.56 bits per heavy atom. The number of fused-ring (bicyclic) bond motifs is 1. The van der Waals surface area contributed by atoms with Crippen LogP contribution in [0.1, 0.15) is 104 Å². The molecule has 48 heavy (non-hydrogen) atoms. The smallest absolute Gasteiger partial charge is 0.289 e. The van der Waals surface area contributed by atoms with E-state index in [2.05, 4.69) is 26.3 Å². The molecule has 4 rings (SSSR count). The van der Waals surface area contributed by atoms with Crippen LogP contribution in [0, 0.1) is 22.7 Å². The average Bonchev–Trinajstić information content (AvgIpc) is 3.56. The largest absolute Gasteiger partial charge is 0.347 e. The highest BCUT2D eigenvalue weighted by Crippen LogP contribution is 2.43. The number of H-pyrrole nitrogens is 1. The number of carbonyl (C=O) groups excluding carboxylic acids is 6. The SMILES string of the molecule is CCC[C@@H](NC(=O)[C@@H]1C2CCC[C@H]2CN1C(=O)[C@@H](NC(=O)[C@H](NC(=O)c1cccc(=O)[nH]1)C(C)(C)C)C(C)(C)C)C(=O)C(=O)NC1CC1. The van der Waals surface area contributed by atoms with E-state index < -0.39 is 75.9 Å². The van der Waals surface area contributed by atoms with Gasteiger partial charge < -0.3 is 31.2 Å². The van der Waals surface area contributed by atoms with Gasteiger partial charge in [-0.25, -0.2) is 0 Å². The lowest BCUT2D eigenvalue weighted by Gasteiger charge is -2.38. The Bertz CT molecular complexity index is 1470. The Labute approximate surface area is 282 Å². The van der Waals surface area contributed by atoms with Gasteiger partial charge in [0, 0.05) is 18.7 Å². The van der Waals surface area contributed by atoms with E-state index in [1.807, 2.05) is 27.7 Å². The van der Waals surface area contributed by atoms with Crippen LogP contribution in [0.5, 0.6) is 0 Å². The molecule has 0 spiro atoms. The van der Waals surface area contributed by atoms with Crippen LogP contribution in [0.2, 0.25) is 0 Å². The molecular weight excluding hydrogens is 616 g/mol. The summed E-state index contributed by atoms with van der Waals surface area (Å²) in [6.07, 6.45) is 5.02. The zero-order chi connectivity index (χ0) is 35.6. The number of Topliss-reactive ketones (excluding diaryl/α,β-unsaturated/α-hetero) is 1. The van der Waals surface area contributed by atoms with Gasteiger partial charge in [0.15, 0.2) is 0 Å². The van der Waals surface area contributed by atoms with Gasteiger partial charge >= 0.3 is 0 Å². The summed E-state index contributed by atoms with van der Waals surface area (Å²) < 4.78 is 0. The standard InChI is InChI=1S/C35H52N6O7/c1-8-11-22(26(43)31(46)36-20-16-17-20)38-30(45)25-21-13-9-12-19(21)18-41(25)33(48)28(35(5,6)7)40-32(47)27(34(2,3)4)39-29(44)23-14-10-15-24(42)37-23/h10,14-15,19-22,25,27-28H,8-9,11-13,16-18H2,1-7H3,(H,36,46)(H,37,42)(H,38,45)(H,39,44)(H,40,47)/t19-,21?,22+,25-,27-,28+/m0/s1. The van der Waals surface area contributed by atoms with E-state index in [0.717, 1.165) is 32.1 Å². The van der Waals surface area contributed by atoms with Crippen LogP contribution in [-0.4, -0.2) is 82.0 Å². The minimum atomic E-state index is -1.08. The summed E-state index contributed by atoms with van der Waals surface area (Å²) in [7, 11) is 0. The van der Waals surface area contributed by atoms with Crippen molar-refractivity contribution in [3.05, 3.63) is 34.2 Å². The third-order valence-corrected chi connectivity index (χ3v) is 9.61. The summed E-state index contributed by atoms with van der Waals surface area (Å²) >= 11 is 0. The van der Waals surface area contributed by atoms with Crippen molar-refractivity contribution in [2.45, 2.75) is 124 Å². The molecule has 6 atom stereocenters. The molecule has 2 aliphatic carbocycles. The number of hydrogen-bond donors (Lipinski definition) is 5. The molecular formula is C35H52N6O7. The number of pyridine rings is 1. The number of aromatic nitrogens is 1. The second-order valence-electron chi connectivity index (χ2n) is 15.8. The van der Waals surface area contributed by atoms with Crippen LogP contribution in [0.15, 0.2) is 23.0 Å². The van der Waals surface area contributed by atoms with E-state index in [-0.39, 0.29) is 30.0 Å². The van der Waals surface area contributed by atoms with Crippen molar-refractivity contribution in [1.82, 2.24) is 31.2 Å². The number of carbonyl (C=O) groups is 6. The van der Waals surface area contributed by atoms with Gasteiger partial charge in [-0.05, 0) is 60.8 Å². The van der Waals surface area contributed by atoms with Crippen molar-refractivity contribution < 1.29 is 28.8 Å². The van der Waals surface area contributed by atoms with Gasteiger partial charge in [-0.2, -0.15) is 0 Å². The van der Waals surface area contributed by atoms with E-state index in [4.69, 9.17) is 0 Å². The Balaban J connectivity index is 1.56. The molecule has 1 aliphatic heterocycles. The number of aromatic amines is 1. The first kappa shape index (κ1) is 36.8. The monoisotopic (exact) mass is 668 g/mol. The minimum Gasteiger partial charge on any atom is -0.347 e. The lowest BCUT2D eigenvalue weighted by Crippen LogP contribution is -2.63. The molecule has 0 aromatic carbocycles. The molecule has 264 valence electrons. The number of rotatable bonds is 12. The fourth-order valence-corrected chi connectivity index (χ4v) is 6.83. The first-order valence-electron chi connectivity index (χ1n) is 17.2. The van der Waals surface area contributed by atoms with Gasteiger partial charge in [0.25, 0.3) is 11.8 Å². The summed E-state index contributed by atoms with van der Waals surface area (Å²) in [4.78, 5) is 97.0. The molecule has 3 fully saturated rings. The van der Waals surface area contributed by atoms with Crippen molar-refractivity contribution in [3.8, 4) is 0 Å². The van der Waals surface area contributed by atoms with Crippen molar-refractivity contribution in [1.29, 1.82) is 0 Å². The fraction of sp³-hybridized carbons (Fsp3) is 0.686. The van der Waals surface area contributed by atoms with E-state index in [0.29, 0.717) is 13.0 Å². The van der Waals surface area contributed by atoms with Gasteiger partial charge in [-0.1, -0.05) is 67.4 Å². The Morgan fingerprint density at radius 3 is 2.15 bits per heavy atom. The molecule has 13 nitrogen and oxygen atoms in total. The molecule has 2 heterocycles. The van der Waals surface area contributed by atoms with Crippen LogP contribution in [0.3, 0.4) is 0 Å². The van der Waals surface area contributed by atoms with Crippen LogP contribution in [0.4, 0.5) is 0 Å². The van der Waals surface area contributed by atoms with Crippen molar-refractivity contribution in [3.63, 3.8) is 0 Å². The Morgan fingerprint density at radius 1 is 0.896 bits per heavy atom. The summed E-state index contributed by atoms with van der Waals surface area (Å²) in [6.45, 7) is 13.0. The number of nitrogens with one attached hydrogen (secondary N) is 5. The highest BCUT2D eigenvalue weighted by molar-refractivity contribution is 6.38. The lowest BCUT2D eigenvalue weighted by atomic mass is 9.82. The van der Waals surface area contributed by atoms with E-state index in [1.54, 1.807) is 20.8 Å². The van der Waals surface area contributed by atoms with E-state index in [9.17, 15) is 33.6 Å². The highest BCUT2D eigenvalue weighted by atomic mass is 16.2. The molecule has 2 saturated carbocycles. The zero-order valence-corrected chi connectivity index (χ0v) is 29.2. The van der Waals surface area contributed by atoms with E-state index in [1.165, 1.54) is 23.1 Å². The second-order valence-corrected chi connectivity index (χ2v) is 15.8. The first-order valence-corrected chi connectivity index (χ1v) is 17.2. The molecule has 13 heteroatoms. The van der Waals surface area contributed by atoms with E-state index >= 15 is 0 Å². The topological polar surface area (TPSA) is 187 Å². The highest BCUT2D eigenvalue weighted by Gasteiger charge is 2.52. The van der Waals surface area contributed by atoms with Crippen molar-refractivity contribution >= 4 is 35.3 Å². The normalized spacial score (nSPS) is 22.6. The lowest BCUT2D eigenvalue weighted by molar-refractivity contribution is -0.146. The fourth-order valence-electron chi connectivity index (χ4n) is 6.83. The molecule has 1 aromatic heterocycles. The number of nitrogens with zero attached hydrogens (tertiary/aromatic N) is 1. The summed E-state index contributed by atoms with van der Waals surface area (Å²) in [5, 5.41) is 11.1. The third-order valence-electron chi connectivity index (χ3n) is 9.61. The molecule has 1 saturated heterocycles. The molecule has 5 N–H and O–H groups in total. The van der Waals surface area contributed by atoms with Crippen molar-refractivity contribution in [2.75, 3.05) is 6.54 Å². The van der Waals surface area contributed by atoms with Gasteiger partial charge in [0.05, 0.1) is 6.04 Å². The average molecular weight is 669 g/mol. The van der Waals surface area contributed by atoms with Crippen LogP contribution < -0.4 is 26.8 Å². The zero-order valence-electron chi connectivity index (χ0n) is 29.2. The van der Waals surface area contributed by atoms with Gasteiger partial charge in [-0.15, -0.1) is 0 Å². The summed E-state index contributed by atoms with van der Waals surface area (Å²) in [5.41, 5.74) is -2.03. The van der Waals surface area contributed by atoms with Crippen molar-refractivity contribution in [2.24, 2.45) is 22.7 Å². The predicted octanol–water partition coefficient (Wildman–Crippen LogP) is 1.81. The maximum absolute atomic E-state index is 14.5. The summed E-state index contributed by atoms with van der Waals surface area (Å²) in [6, 6.07) is 0.142. The maximum atomic E-state index is 14.5. The molecule has 1 aromatic rings. The number of ketones is 1. The van der Waals surface area contributed by atoms with Gasteiger partial charge in [-0.3, -0.25) is 33.6 Å². The number of hydrogen-bond acceptors (Lipinski definition) is 7. The third kappa shape index (κ3) is 8.70. The predicted molar refractivity (Wildman–Crippen MR) is 178 cm³/mol. The quantitative estimate of drug-likeness (QED) is 0.210. The van der Waals surface area contributed by atoms with Gasteiger partial charge in [0.2, 0.25) is 29.1 Å². The van der Waals surface area contributed by atoms with Crippen LogP contribution >= 0.6 is 0 Å². The molecule has 5 amide bonds. The van der Waals surface area contributed by atoms with Gasteiger partial charge in [0.1, 0.15) is 23.8 Å². The first-order chi connectivity index (χ1) is 22.4. The van der Waals surface area contributed by atoms with Crippen LogP contribution in [-0.2, 0) is 24.0 Å². The molecule has 0 radical (unpaired) electrons. The molecule has 1 unspecified atom stereocenters. The minimum absolute atomic E-state index is 0.000248. The number of amides is 5. The second kappa shape index (κ2) is 14.6. The number of likely N-dealkylation sites (tertiary alicyclic amines) is 1. The molecule has 3 aliphatic rings.